The van der Waals surface area contributed by atoms with E-state index in [4.69, 9.17) is 45.8 Å². The number of nitrogen functional groups attached to an aromatic ring is 1. The highest BCUT2D eigenvalue weighted by molar-refractivity contribution is 6.61. The lowest BCUT2D eigenvalue weighted by Crippen LogP contribution is -2.20. The number of rotatable bonds is 11. The SMILES string of the molecule is COC(=O)c1ccc(Cc2cn(C)c3ccc(N)cc23)c(OC)c1.COC(=O)c1ccc(Cc2cn(C)c3ccc(NC(=O)OC4CCCC4)cc23)c(OC)c1.O=C(Cl)OC1CCCC1. The Hall–Kier alpha value is -6.67. The first-order chi connectivity index (χ1) is 31.3. The minimum Gasteiger partial charge on any atom is -0.496 e. The van der Waals surface area contributed by atoms with E-state index >= 15 is 0 Å². The Kier molecular flexibility index (Phi) is 16.4. The monoisotopic (exact) mass is 908 g/mol. The lowest BCUT2D eigenvalue weighted by Gasteiger charge is -2.12. The Morgan fingerprint density at radius 3 is 1.54 bits per heavy atom. The highest BCUT2D eigenvalue weighted by Gasteiger charge is 2.21. The fourth-order valence-corrected chi connectivity index (χ4v) is 8.57. The summed E-state index contributed by atoms with van der Waals surface area (Å²) in [5.74, 6) is 0.510. The van der Waals surface area contributed by atoms with Gasteiger partial charge in [-0.1, -0.05) is 12.1 Å². The van der Waals surface area contributed by atoms with Crippen molar-refractivity contribution in [3.05, 3.63) is 119 Å². The average Bonchev–Trinajstić information content (AvgIpc) is 4.13. The van der Waals surface area contributed by atoms with Crippen LogP contribution in [0.1, 0.15) is 94.3 Å². The number of anilines is 2. The zero-order chi connectivity index (χ0) is 46.6. The Labute approximate surface area is 383 Å². The fourth-order valence-electron chi connectivity index (χ4n) is 8.45. The highest BCUT2D eigenvalue weighted by atomic mass is 35.5. The van der Waals surface area contributed by atoms with E-state index in [1.54, 1.807) is 38.5 Å². The Bertz CT molecular complexity index is 2640. The van der Waals surface area contributed by atoms with Crippen molar-refractivity contribution in [2.45, 2.75) is 76.4 Å². The molecule has 2 aliphatic carbocycles. The van der Waals surface area contributed by atoms with Crippen molar-refractivity contribution < 1.29 is 47.6 Å². The van der Waals surface area contributed by atoms with Crippen LogP contribution in [0.3, 0.4) is 0 Å². The van der Waals surface area contributed by atoms with Gasteiger partial charge in [0.05, 0.1) is 39.6 Å². The van der Waals surface area contributed by atoms with Crippen LogP contribution >= 0.6 is 11.6 Å². The van der Waals surface area contributed by atoms with E-state index in [0.29, 0.717) is 41.2 Å². The summed E-state index contributed by atoms with van der Waals surface area (Å²) < 4.78 is 34.9. The molecule has 6 aromatic rings. The van der Waals surface area contributed by atoms with Crippen molar-refractivity contribution in [2.75, 3.05) is 39.5 Å². The first-order valence-corrected chi connectivity index (χ1v) is 21.9. The Morgan fingerprint density at radius 1 is 0.615 bits per heavy atom. The fraction of sp³-hybridized carbons (Fsp3) is 0.360. The number of hydrogen-bond donors (Lipinski definition) is 2. The van der Waals surface area contributed by atoms with Crippen LogP contribution in [0.25, 0.3) is 21.8 Å². The quantitative estimate of drug-likeness (QED) is 0.0548. The second kappa shape index (κ2) is 22.3. The largest absolute Gasteiger partial charge is 0.496 e. The van der Waals surface area contributed by atoms with Gasteiger partial charge in [-0.15, -0.1) is 0 Å². The summed E-state index contributed by atoms with van der Waals surface area (Å²) in [6.07, 6.45) is 13.6. The van der Waals surface area contributed by atoms with Crippen LogP contribution in [0.2, 0.25) is 0 Å². The van der Waals surface area contributed by atoms with Gasteiger partial charge in [-0.3, -0.25) is 5.32 Å². The summed E-state index contributed by atoms with van der Waals surface area (Å²) in [6.45, 7) is 0. The first kappa shape index (κ1) is 47.8. The maximum Gasteiger partial charge on any atom is 0.411 e. The molecule has 4 aromatic carbocycles. The number of nitrogens with one attached hydrogen (secondary N) is 1. The second-order valence-corrected chi connectivity index (χ2v) is 16.4. The summed E-state index contributed by atoms with van der Waals surface area (Å²) in [5.41, 5.74) is 14.0. The van der Waals surface area contributed by atoms with Crippen LogP contribution in [0.5, 0.6) is 11.5 Å². The summed E-state index contributed by atoms with van der Waals surface area (Å²) in [4.78, 5) is 45.9. The van der Waals surface area contributed by atoms with Gasteiger partial charge in [0.1, 0.15) is 23.7 Å². The third kappa shape index (κ3) is 12.3. The van der Waals surface area contributed by atoms with Gasteiger partial charge in [0.25, 0.3) is 0 Å². The highest BCUT2D eigenvalue weighted by Crippen LogP contribution is 2.32. The molecule has 2 aromatic heterocycles. The number of fused-ring (bicyclic) bond motifs is 2. The molecule has 0 unspecified atom stereocenters. The maximum absolute atomic E-state index is 12.3. The van der Waals surface area contributed by atoms with Crippen molar-refractivity contribution in [1.82, 2.24) is 9.13 Å². The molecule has 0 radical (unpaired) electrons. The lowest BCUT2D eigenvalue weighted by atomic mass is 10.0. The third-order valence-corrected chi connectivity index (χ3v) is 11.8. The number of carbonyl (C=O) groups is 4. The van der Waals surface area contributed by atoms with Crippen molar-refractivity contribution in [3.8, 4) is 11.5 Å². The number of methoxy groups -OCH3 is 4. The molecule has 0 spiro atoms. The molecule has 2 saturated carbocycles. The van der Waals surface area contributed by atoms with Crippen LogP contribution in [0, 0.1) is 0 Å². The predicted octanol–water partition coefficient (Wildman–Crippen LogP) is 10.5. The van der Waals surface area contributed by atoms with Gasteiger partial charge >= 0.3 is 23.5 Å². The van der Waals surface area contributed by atoms with Gasteiger partial charge in [0.15, 0.2) is 0 Å². The molecule has 0 saturated heterocycles. The summed E-state index contributed by atoms with van der Waals surface area (Å²) in [7, 11) is 9.91. The van der Waals surface area contributed by atoms with Crippen molar-refractivity contribution >= 4 is 68.2 Å². The molecule has 14 nitrogen and oxygen atoms in total. The van der Waals surface area contributed by atoms with Gasteiger partial charge < -0.3 is 43.3 Å². The van der Waals surface area contributed by atoms with E-state index in [1.165, 1.54) is 14.2 Å². The summed E-state index contributed by atoms with van der Waals surface area (Å²) in [5, 5.41) is 5.02. The molecule has 3 N–H and O–H groups in total. The van der Waals surface area contributed by atoms with Gasteiger partial charge in [0, 0.05) is 84.1 Å². The number of nitrogens with two attached hydrogens (primary N) is 1. The van der Waals surface area contributed by atoms with Crippen LogP contribution in [0.15, 0.2) is 85.2 Å². The van der Waals surface area contributed by atoms with Crippen molar-refractivity contribution in [1.29, 1.82) is 0 Å². The Balaban J connectivity index is 0.000000186. The molecule has 2 fully saturated rings. The molecule has 0 aliphatic heterocycles. The standard InChI is InChI=1S/C25H28N2O5.C19H20N2O3.C6H9ClO2/c1-27-15-18(12-16-8-9-17(24(28)31-3)13-23(16)30-2)21-14-19(10-11-22(21)27)26-25(29)32-20-6-4-5-7-20;1-21-11-14(16-10-15(20)6-7-17(16)21)8-12-4-5-13(19(22)24-3)9-18(12)23-2;7-6(8)9-5-3-1-2-4-5/h8-11,13-15,20H,4-7,12H2,1-3H3,(H,26,29);4-7,9-11H,8,20H2,1-3H3;5H,1-4H2. The minimum absolute atomic E-state index is 0.0199. The zero-order valence-electron chi connectivity index (χ0n) is 37.7. The number of nitrogens with zero attached hydrogens (tertiary/aromatic N) is 2. The smallest absolute Gasteiger partial charge is 0.411 e. The number of halogens is 1. The second-order valence-electron chi connectivity index (χ2n) is 16.1. The Morgan fingerprint density at radius 2 is 1.08 bits per heavy atom. The average molecular weight is 909 g/mol. The molecular weight excluding hydrogens is 852 g/mol. The molecule has 1 amide bonds. The molecule has 0 bridgehead atoms. The summed E-state index contributed by atoms with van der Waals surface area (Å²) in [6, 6.07) is 22.4. The third-order valence-electron chi connectivity index (χ3n) is 11.7. The van der Waals surface area contributed by atoms with E-state index in [1.807, 2.05) is 62.6 Å². The van der Waals surface area contributed by atoms with Gasteiger partial charge in [-0.25, -0.2) is 19.2 Å². The van der Waals surface area contributed by atoms with E-state index in [9.17, 15) is 19.2 Å². The van der Waals surface area contributed by atoms with E-state index in [-0.39, 0.29) is 18.2 Å². The van der Waals surface area contributed by atoms with Gasteiger partial charge in [-0.2, -0.15) is 0 Å². The number of aromatic nitrogens is 2. The summed E-state index contributed by atoms with van der Waals surface area (Å²) >= 11 is 5.00. The molecule has 8 rings (SSSR count). The van der Waals surface area contributed by atoms with Gasteiger partial charge in [0.2, 0.25) is 0 Å². The molecule has 344 valence electrons. The number of hydrogen-bond acceptors (Lipinski definition) is 11. The maximum atomic E-state index is 12.3. The lowest BCUT2D eigenvalue weighted by molar-refractivity contribution is 0.0591. The van der Waals surface area contributed by atoms with Crippen molar-refractivity contribution in [2.24, 2.45) is 14.1 Å². The molecular formula is C50H57ClN4O10. The van der Waals surface area contributed by atoms with Crippen LogP contribution in [-0.2, 0) is 45.9 Å². The molecule has 2 heterocycles. The molecule has 0 atom stereocenters. The van der Waals surface area contributed by atoms with Crippen molar-refractivity contribution in [3.63, 3.8) is 0 Å². The number of aryl methyl sites for hydroxylation is 2. The normalized spacial score (nSPS) is 13.6. The molecule has 65 heavy (non-hydrogen) atoms. The first-order valence-electron chi connectivity index (χ1n) is 21.6. The zero-order valence-corrected chi connectivity index (χ0v) is 38.5. The molecule has 2 aliphatic rings. The van der Waals surface area contributed by atoms with Crippen LogP contribution in [0.4, 0.5) is 21.0 Å². The predicted molar refractivity (Wildman–Crippen MR) is 251 cm³/mol. The number of esters is 2. The van der Waals surface area contributed by atoms with Crippen LogP contribution in [-0.4, -0.2) is 73.2 Å². The van der Waals surface area contributed by atoms with Gasteiger partial charge in [-0.05, 0) is 134 Å². The number of carbonyl (C=O) groups excluding carboxylic acids is 4. The number of amides is 1. The molecule has 15 heteroatoms. The van der Waals surface area contributed by atoms with E-state index < -0.39 is 17.5 Å². The van der Waals surface area contributed by atoms with Crippen LogP contribution < -0.4 is 20.5 Å². The van der Waals surface area contributed by atoms with E-state index in [2.05, 4.69) is 26.8 Å². The topological polar surface area (TPSA) is 172 Å². The minimum atomic E-state index is -0.665. The number of benzene rings is 4. The van der Waals surface area contributed by atoms with E-state index in [0.717, 1.165) is 101 Å². The number of ether oxygens (including phenoxy) is 6.